The van der Waals surface area contributed by atoms with Crippen LogP contribution in [-0.2, 0) is 0 Å². The lowest BCUT2D eigenvalue weighted by molar-refractivity contribution is 0.415. The maximum absolute atomic E-state index is 5.10. The Balaban J connectivity index is 0.00000144. The van der Waals surface area contributed by atoms with Crippen LogP contribution in [0.4, 0.5) is 5.69 Å². The molecular weight excluding hydrogens is 186 g/mol. The minimum atomic E-state index is 0. The highest BCUT2D eigenvalue weighted by Crippen LogP contribution is 2.16. The number of rotatable bonds is 3. The lowest BCUT2D eigenvalue weighted by Gasteiger charge is -2.10. The fourth-order valence-corrected chi connectivity index (χ4v) is 1.05. The molecule has 13 heavy (non-hydrogen) atoms. The molecule has 1 N–H and O–H groups in total. The van der Waals surface area contributed by atoms with E-state index in [0.29, 0.717) is 6.04 Å². The van der Waals surface area contributed by atoms with E-state index in [-0.39, 0.29) is 12.4 Å². The molecule has 3 heteroatoms. The molecule has 0 aromatic heterocycles. The number of halogens is 1. The fraction of sp³-hybridized carbons (Fsp3) is 0.400. The Bertz CT molecular complexity index is 250. The molecular formula is C10H16ClNO. The zero-order chi connectivity index (χ0) is 8.97. The molecule has 1 aromatic rings. The van der Waals surface area contributed by atoms with Gasteiger partial charge in [0.1, 0.15) is 5.75 Å². The SMILES string of the molecule is COc1cccc(NC(C)C)c1.Cl. The third kappa shape index (κ3) is 4.04. The predicted octanol–water partition coefficient (Wildman–Crippen LogP) is 2.94. The van der Waals surface area contributed by atoms with Gasteiger partial charge >= 0.3 is 0 Å². The molecule has 0 atom stereocenters. The van der Waals surface area contributed by atoms with Crippen LogP contribution in [0, 0.1) is 0 Å². The molecule has 2 nitrogen and oxygen atoms in total. The summed E-state index contributed by atoms with van der Waals surface area (Å²) < 4.78 is 5.10. The molecule has 74 valence electrons. The summed E-state index contributed by atoms with van der Waals surface area (Å²) in [6, 6.07) is 8.38. The van der Waals surface area contributed by atoms with Crippen LogP contribution in [0.1, 0.15) is 13.8 Å². The van der Waals surface area contributed by atoms with Gasteiger partial charge in [-0.2, -0.15) is 0 Å². The Morgan fingerprint density at radius 3 is 2.54 bits per heavy atom. The van der Waals surface area contributed by atoms with Crippen LogP contribution in [0.2, 0.25) is 0 Å². The number of hydrogen-bond acceptors (Lipinski definition) is 2. The van der Waals surface area contributed by atoms with Gasteiger partial charge in [-0.3, -0.25) is 0 Å². The first-order chi connectivity index (χ1) is 5.72. The maximum atomic E-state index is 5.10. The van der Waals surface area contributed by atoms with Crippen LogP contribution in [-0.4, -0.2) is 13.2 Å². The van der Waals surface area contributed by atoms with Crippen molar-refractivity contribution in [2.24, 2.45) is 0 Å². The smallest absolute Gasteiger partial charge is 0.120 e. The van der Waals surface area contributed by atoms with Crippen LogP contribution in [0.5, 0.6) is 5.75 Å². The van der Waals surface area contributed by atoms with Gasteiger partial charge in [0.25, 0.3) is 0 Å². The van der Waals surface area contributed by atoms with Crippen molar-refractivity contribution in [1.29, 1.82) is 0 Å². The summed E-state index contributed by atoms with van der Waals surface area (Å²) in [5.41, 5.74) is 1.10. The van der Waals surface area contributed by atoms with E-state index in [2.05, 4.69) is 19.2 Å². The van der Waals surface area contributed by atoms with E-state index in [0.717, 1.165) is 11.4 Å². The second kappa shape index (κ2) is 5.70. The largest absolute Gasteiger partial charge is 0.497 e. The van der Waals surface area contributed by atoms with E-state index in [9.17, 15) is 0 Å². The molecule has 0 spiro atoms. The Morgan fingerprint density at radius 1 is 1.31 bits per heavy atom. The molecule has 0 aliphatic heterocycles. The van der Waals surface area contributed by atoms with Crippen molar-refractivity contribution >= 4 is 18.1 Å². The van der Waals surface area contributed by atoms with E-state index in [1.54, 1.807) is 7.11 Å². The second-order valence-electron chi connectivity index (χ2n) is 3.03. The van der Waals surface area contributed by atoms with Gasteiger partial charge in [-0.1, -0.05) is 6.07 Å². The topological polar surface area (TPSA) is 21.3 Å². The standard InChI is InChI=1S/C10H15NO.ClH/c1-8(2)11-9-5-4-6-10(7-9)12-3;/h4-8,11H,1-3H3;1H. The van der Waals surface area contributed by atoms with Gasteiger partial charge in [-0.25, -0.2) is 0 Å². The molecule has 0 radical (unpaired) electrons. The molecule has 1 aromatic carbocycles. The van der Waals surface area contributed by atoms with E-state index in [1.165, 1.54) is 0 Å². The van der Waals surface area contributed by atoms with E-state index in [1.807, 2.05) is 24.3 Å². The molecule has 0 saturated heterocycles. The first kappa shape index (κ1) is 12.1. The quantitative estimate of drug-likeness (QED) is 0.812. The van der Waals surface area contributed by atoms with Crippen molar-refractivity contribution < 1.29 is 4.74 Å². The summed E-state index contributed by atoms with van der Waals surface area (Å²) in [5, 5.41) is 3.30. The zero-order valence-electron chi connectivity index (χ0n) is 8.20. The summed E-state index contributed by atoms with van der Waals surface area (Å²) >= 11 is 0. The molecule has 0 heterocycles. The lowest BCUT2D eigenvalue weighted by atomic mass is 10.2. The summed E-state index contributed by atoms with van der Waals surface area (Å²) in [6.45, 7) is 4.22. The van der Waals surface area contributed by atoms with Crippen LogP contribution in [0.3, 0.4) is 0 Å². The highest BCUT2D eigenvalue weighted by atomic mass is 35.5. The molecule has 0 unspecified atom stereocenters. The average Bonchev–Trinajstić information content (AvgIpc) is 2.03. The lowest BCUT2D eigenvalue weighted by Crippen LogP contribution is -2.09. The monoisotopic (exact) mass is 201 g/mol. The van der Waals surface area contributed by atoms with E-state index in [4.69, 9.17) is 4.74 Å². The van der Waals surface area contributed by atoms with Crippen molar-refractivity contribution in [3.63, 3.8) is 0 Å². The van der Waals surface area contributed by atoms with Gasteiger partial charge < -0.3 is 10.1 Å². The highest BCUT2D eigenvalue weighted by Gasteiger charge is 1.95. The van der Waals surface area contributed by atoms with Crippen LogP contribution in [0.15, 0.2) is 24.3 Å². The average molecular weight is 202 g/mol. The molecule has 0 amide bonds. The Hall–Kier alpha value is -0.890. The van der Waals surface area contributed by atoms with Crippen molar-refractivity contribution in [2.75, 3.05) is 12.4 Å². The third-order valence-electron chi connectivity index (χ3n) is 1.53. The first-order valence-electron chi connectivity index (χ1n) is 4.13. The Morgan fingerprint density at radius 2 is 2.00 bits per heavy atom. The summed E-state index contributed by atoms with van der Waals surface area (Å²) in [4.78, 5) is 0. The maximum Gasteiger partial charge on any atom is 0.120 e. The van der Waals surface area contributed by atoms with Crippen molar-refractivity contribution in [3.8, 4) is 5.75 Å². The zero-order valence-corrected chi connectivity index (χ0v) is 9.02. The van der Waals surface area contributed by atoms with Gasteiger partial charge in [0.15, 0.2) is 0 Å². The number of ether oxygens (including phenoxy) is 1. The third-order valence-corrected chi connectivity index (χ3v) is 1.53. The fourth-order valence-electron chi connectivity index (χ4n) is 1.05. The summed E-state index contributed by atoms with van der Waals surface area (Å²) in [7, 11) is 1.68. The highest BCUT2D eigenvalue weighted by molar-refractivity contribution is 5.85. The minimum Gasteiger partial charge on any atom is -0.497 e. The number of anilines is 1. The number of benzene rings is 1. The minimum absolute atomic E-state index is 0. The van der Waals surface area contributed by atoms with Gasteiger partial charge in [0.05, 0.1) is 7.11 Å². The second-order valence-corrected chi connectivity index (χ2v) is 3.03. The van der Waals surface area contributed by atoms with E-state index >= 15 is 0 Å². The van der Waals surface area contributed by atoms with Gasteiger partial charge in [0, 0.05) is 17.8 Å². The van der Waals surface area contributed by atoms with Crippen molar-refractivity contribution in [3.05, 3.63) is 24.3 Å². The van der Waals surface area contributed by atoms with Gasteiger partial charge in [0.2, 0.25) is 0 Å². The predicted molar refractivity (Wildman–Crippen MR) is 59.0 cm³/mol. The van der Waals surface area contributed by atoms with Crippen molar-refractivity contribution in [1.82, 2.24) is 0 Å². The number of nitrogens with one attached hydrogen (secondary N) is 1. The summed E-state index contributed by atoms with van der Waals surface area (Å²) in [5.74, 6) is 0.889. The van der Waals surface area contributed by atoms with Gasteiger partial charge in [-0.15, -0.1) is 12.4 Å². The first-order valence-corrected chi connectivity index (χ1v) is 4.13. The Kier molecular flexibility index (Phi) is 5.31. The normalized spacial score (nSPS) is 9.23. The molecule has 0 saturated carbocycles. The van der Waals surface area contributed by atoms with Crippen LogP contribution >= 0.6 is 12.4 Å². The molecule has 1 rings (SSSR count). The molecule has 0 aliphatic rings. The number of hydrogen-bond donors (Lipinski definition) is 1. The molecule has 0 bridgehead atoms. The molecule has 0 aliphatic carbocycles. The van der Waals surface area contributed by atoms with Gasteiger partial charge in [-0.05, 0) is 26.0 Å². The Labute approximate surface area is 85.7 Å². The summed E-state index contributed by atoms with van der Waals surface area (Å²) in [6.07, 6.45) is 0. The molecule has 0 fully saturated rings. The van der Waals surface area contributed by atoms with E-state index < -0.39 is 0 Å². The van der Waals surface area contributed by atoms with Crippen molar-refractivity contribution in [2.45, 2.75) is 19.9 Å². The van der Waals surface area contributed by atoms with Crippen LogP contribution < -0.4 is 10.1 Å². The van der Waals surface area contributed by atoms with Crippen LogP contribution in [0.25, 0.3) is 0 Å². The number of methoxy groups -OCH3 is 1.